The first-order valence-corrected chi connectivity index (χ1v) is 11.0. The average Bonchev–Trinajstić information content (AvgIpc) is 3.23. The van der Waals surface area contributed by atoms with Crippen molar-refractivity contribution in [3.63, 3.8) is 0 Å². The molecule has 0 saturated carbocycles. The minimum Gasteiger partial charge on any atom is -0.339 e. The van der Waals surface area contributed by atoms with Gasteiger partial charge in [0.25, 0.3) is 5.91 Å². The lowest BCUT2D eigenvalue weighted by Crippen LogP contribution is -2.51. The number of amides is 2. The lowest BCUT2D eigenvalue weighted by atomic mass is 10.3. The lowest BCUT2D eigenvalue weighted by Gasteiger charge is -2.35. The van der Waals surface area contributed by atoms with Crippen LogP contribution in [0.5, 0.6) is 0 Å². The summed E-state index contributed by atoms with van der Waals surface area (Å²) >= 11 is 12.3. The van der Waals surface area contributed by atoms with Crippen molar-refractivity contribution in [2.24, 2.45) is 0 Å². The van der Waals surface area contributed by atoms with Crippen LogP contribution < -0.4 is 0 Å². The van der Waals surface area contributed by atoms with E-state index in [0.717, 1.165) is 27.8 Å². The maximum atomic E-state index is 12.5. The van der Waals surface area contributed by atoms with Crippen molar-refractivity contribution < 1.29 is 9.59 Å². The molecule has 3 rings (SSSR count). The van der Waals surface area contributed by atoms with Crippen molar-refractivity contribution in [3.05, 3.63) is 42.1 Å². The number of hydrogen-bond donors (Lipinski definition) is 0. The van der Waals surface area contributed by atoms with E-state index in [1.807, 2.05) is 23.1 Å². The van der Waals surface area contributed by atoms with Gasteiger partial charge in [-0.1, -0.05) is 11.6 Å². The van der Waals surface area contributed by atoms with Crippen molar-refractivity contribution in [1.29, 1.82) is 0 Å². The zero-order valence-electron chi connectivity index (χ0n) is 14.3. The van der Waals surface area contributed by atoms with Gasteiger partial charge < -0.3 is 9.80 Å². The van der Waals surface area contributed by atoms with Crippen LogP contribution >= 0.6 is 50.2 Å². The van der Waals surface area contributed by atoms with Crippen LogP contribution in [0.1, 0.15) is 14.5 Å². The molecule has 140 valence electrons. The number of rotatable bonds is 5. The Hall–Kier alpha value is -0.930. The predicted octanol–water partition coefficient (Wildman–Crippen LogP) is 3.64. The Morgan fingerprint density at radius 3 is 2.46 bits per heavy atom. The third-order valence-electron chi connectivity index (χ3n) is 4.24. The Balaban J connectivity index is 1.46. The highest BCUT2D eigenvalue weighted by Crippen LogP contribution is 2.24. The number of likely N-dealkylation sites (N-methyl/N-ethyl adjacent to an activating group) is 1. The number of piperazine rings is 1. The second-order valence-corrected chi connectivity index (χ2v) is 10.4. The minimum atomic E-state index is -0.123. The fourth-order valence-electron chi connectivity index (χ4n) is 2.80. The molecule has 3 heterocycles. The van der Waals surface area contributed by atoms with Crippen molar-refractivity contribution >= 4 is 62.0 Å². The van der Waals surface area contributed by atoms with E-state index in [4.69, 9.17) is 11.6 Å². The monoisotopic (exact) mass is 475 g/mol. The summed E-state index contributed by atoms with van der Waals surface area (Å²) in [5.74, 6) is -0.127. The Labute approximate surface area is 174 Å². The van der Waals surface area contributed by atoms with E-state index in [-0.39, 0.29) is 18.4 Å². The molecule has 26 heavy (non-hydrogen) atoms. The molecule has 1 aliphatic heterocycles. The predicted molar refractivity (Wildman–Crippen MR) is 110 cm³/mol. The second kappa shape index (κ2) is 8.84. The smallest absolute Gasteiger partial charge is 0.264 e. The van der Waals surface area contributed by atoms with Crippen LogP contribution in [-0.4, -0.2) is 66.3 Å². The molecule has 2 aromatic heterocycles. The molecule has 1 aliphatic rings. The summed E-state index contributed by atoms with van der Waals surface area (Å²) in [5.41, 5.74) is 0. The van der Waals surface area contributed by atoms with Crippen LogP contribution in [0.3, 0.4) is 0 Å². The van der Waals surface area contributed by atoms with Crippen LogP contribution in [-0.2, 0) is 11.3 Å². The Morgan fingerprint density at radius 2 is 1.88 bits per heavy atom. The molecule has 0 bridgehead atoms. The summed E-state index contributed by atoms with van der Waals surface area (Å²) in [5, 5.41) is 0. The van der Waals surface area contributed by atoms with Gasteiger partial charge in [0.2, 0.25) is 5.91 Å². The van der Waals surface area contributed by atoms with Gasteiger partial charge in [0, 0.05) is 44.6 Å². The van der Waals surface area contributed by atoms with Crippen LogP contribution in [0.25, 0.3) is 0 Å². The van der Waals surface area contributed by atoms with Crippen LogP contribution in [0.4, 0.5) is 0 Å². The van der Waals surface area contributed by atoms with E-state index in [1.54, 1.807) is 24.5 Å². The number of thiophene rings is 2. The summed E-state index contributed by atoms with van der Waals surface area (Å²) in [6, 6.07) is 7.58. The van der Waals surface area contributed by atoms with Crippen molar-refractivity contribution in [3.8, 4) is 0 Å². The van der Waals surface area contributed by atoms with Gasteiger partial charge in [-0.3, -0.25) is 14.5 Å². The van der Waals surface area contributed by atoms with Crippen LogP contribution in [0.2, 0.25) is 4.34 Å². The summed E-state index contributed by atoms with van der Waals surface area (Å²) in [6.07, 6.45) is 0. The topological polar surface area (TPSA) is 43.9 Å². The second-order valence-electron chi connectivity index (χ2n) is 6.13. The first kappa shape index (κ1) is 19.8. The van der Waals surface area contributed by atoms with Gasteiger partial charge in [0.05, 0.1) is 19.5 Å². The summed E-state index contributed by atoms with van der Waals surface area (Å²) in [4.78, 5) is 32.4. The molecule has 0 aromatic carbocycles. The molecule has 2 amide bonds. The Bertz CT molecular complexity index is 787. The first-order chi connectivity index (χ1) is 12.4. The van der Waals surface area contributed by atoms with Crippen molar-refractivity contribution in [2.45, 2.75) is 6.54 Å². The minimum absolute atomic E-state index is 0.00436. The van der Waals surface area contributed by atoms with E-state index in [9.17, 15) is 9.59 Å². The van der Waals surface area contributed by atoms with Gasteiger partial charge >= 0.3 is 0 Å². The number of carbonyl (C=O) groups excluding carboxylic acids is 2. The highest BCUT2D eigenvalue weighted by molar-refractivity contribution is 9.11. The Kier molecular flexibility index (Phi) is 6.74. The van der Waals surface area contributed by atoms with E-state index >= 15 is 0 Å². The van der Waals surface area contributed by atoms with E-state index < -0.39 is 0 Å². The summed E-state index contributed by atoms with van der Waals surface area (Å²) in [7, 11) is 1.67. The molecule has 1 saturated heterocycles. The average molecular weight is 477 g/mol. The summed E-state index contributed by atoms with van der Waals surface area (Å²) < 4.78 is 1.71. The third-order valence-corrected chi connectivity index (χ3v) is 7.06. The standard InChI is InChI=1S/C17H19BrClN3O2S2/c1-20(17(24)13-3-4-14(18)26-13)11-16(23)22-8-6-21(7-9-22)10-12-2-5-15(19)25-12/h2-5H,6-11H2,1H3. The van der Waals surface area contributed by atoms with Gasteiger partial charge in [-0.2, -0.15) is 0 Å². The number of nitrogens with zero attached hydrogens (tertiary/aromatic N) is 3. The van der Waals surface area contributed by atoms with Gasteiger partial charge in [-0.05, 0) is 40.2 Å². The van der Waals surface area contributed by atoms with Crippen molar-refractivity contribution in [1.82, 2.24) is 14.7 Å². The van der Waals surface area contributed by atoms with E-state index in [2.05, 4.69) is 20.8 Å². The van der Waals surface area contributed by atoms with E-state index in [1.165, 1.54) is 21.1 Å². The van der Waals surface area contributed by atoms with Crippen molar-refractivity contribution in [2.75, 3.05) is 39.8 Å². The molecule has 9 heteroatoms. The SMILES string of the molecule is CN(CC(=O)N1CCN(Cc2ccc(Cl)s2)CC1)C(=O)c1ccc(Br)s1. The molecule has 0 N–H and O–H groups in total. The molecule has 1 fully saturated rings. The zero-order chi connectivity index (χ0) is 18.7. The summed E-state index contributed by atoms with van der Waals surface area (Å²) in [6.45, 7) is 4.00. The molecule has 5 nitrogen and oxygen atoms in total. The first-order valence-electron chi connectivity index (χ1n) is 8.17. The molecular formula is C17H19BrClN3O2S2. The van der Waals surface area contributed by atoms with Gasteiger partial charge in [0.15, 0.2) is 0 Å². The van der Waals surface area contributed by atoms with Gasteiger partial charge in [-0.25, -0.2) is 0 Å². The van der Waals surface area contributed by atoms with Gasteiger partial charge in [-0.15, -0.1) is 22.7 Å². The molecule has 0 radical (unpaired) electrons. The molecule has 0 unspecified atom stereocenters. The highest BCUT2D eigenvalue weighted by atomic mass is 79.9. The zero-order valence-corrected chi connectivity index (χ0v) is 18.3. The maximum Gasteiger partial charge on any atom is 0.264 e. The lowest BCUT2D eigenvalue weighted by molar-refractivity contribution is -0.133. The van der Waals surface area contributed by atoms with E-state index in [0.29, 0.717) is 18.0 Å². The number of hydrogen-bond acceptors (Lipinski definition) is 5. The fourth-order valence-corrected chi connectivity index (χ4v) is 5.32. The number of carbonyl (C=O) groups is 2. The molecule has 2 aromatic rings. The number of halogens is 2. The normalized spacial score (nSPS) is 15.3. The largest absolute Gasteiger partial charge is 0.339 e. The molecule has 0 atom stereocenters. The van der Waals surface area contributed by atoms with Gasteiger partial charge in [0.1, 0.15) is 0 Å². The molecular weight excluding hydrogens is 458 g/mol. The highest BCUT2D eigenvalue weighted by Gasteiger charge is 2.24. The quantitative estimate of drug-likeness (QED) is 0.662. The molecule has 0 aliphatic carbocycles. The fraction of sp³-hybridized carbons (Fsp3) is 0.412. The molecule has 0 spiro atoms. The van der Waals surface area contributed by atoms with Crippen LogP contribution in [0, 0.1) is 0 Å². The third kappa shape index (κ3) is 5.07. The Morgan fingerprint density at radius 1 is 1.15 bits per heavy atom. The maximum absolute atomic E-state index is 12.5. The van der Waals surface area contributed by atoms with Crippen LogP contribution in [0.15, 0.2) is 28.1 Å².